The third-order valence-corrected chi connectivity index (χ3v) is 3.14. The Balaban J connectivity index is 2.37. The highest BCUT2D eigenvalue weighted by Gasteiger charge is 2.13. The summed E-state index contributed by atoms with van der Waals surface area (Å²) < 4.78 is 13.6. The van der Waals surface area contributed by atoms with Crippen molar-refractivity contribution in [2.45, 2.75) is 23.0 Å². The molecule has 5 heteroatoms. The molecule has 0 unspecified atom stereocenters. The molecular weight excluding hydrogens is 225 g/mol. The fraction of sp³-hybridized carbons (Fsp3) is 0.182. The van der Waals surface area contributed by atoms with Gasteiger partial charge in [-0.1, -0.05) is 17.8 Å². The molecule has 0 saturated heterocycles. The lowest BCUT2D eigenvalue weighted by molar-refractivity contribution is 0.585. The highest BCUT2D eigenvalue weighted by atomic mass is 32.2. The molecule has 1 aromatic carbocycles. The molecule has 16 heavy (non-hydrogen) atoms. The van der Waals surface area contributed by atoms with Gasteiger partial charge in [-0.2, -0.15) is 0 Å². The summed E-state index contributed by atoms with van der Waals surface area (Å²) in [5.74, 6) is -0.272. The van der Waals surface area contributed by atoms with Crippen molar-refractivity contribution < 1.29 is 4.39 Å². The van der Waals surface area contributed by atoms with Crippen LogP contribution < -0.4 is 5.73 Å². The van der Waals surface area contributed by atoms with Crippen LogP contribution >= 0.6 is 11.8 Å². The minimum atomic E-state index is -0.335. The predicted octanol–water partition coefficient (Wildman–Crippen LogP) is 2.72. The third kappa shape index (κ3) is 2.25. The summed E-state index contributed by atoms with van der Waals surface area (Å²) in [7, 11) is 0. The standard InChI is InChI=1S/C11H12FN3S/c1-7(13)10-8(12)3-2-4-9(10)16-11-14-5-6-15-11/h2-7H,13H2,1H3,(H,14,15)/t7-/m1/s1. The molecule has 84 valence electrons. The number of aromatic amines is 1. The molecule has 2 aromatic rings. The molecule has 0 amide bonds. The first-order chi connectivity index (χ1) is 7.68. The fourth-order valence-electron chi connectivity index (χ4n) is 1.46. The monoisotopic (exact) mass is 237 g/mol. The van der Waals surface area contributed by atoms with E-state index in [1.165, 1.54) is 17.8 Å². The van der Waals surface area contributed by atoms with E-state index in [2.05, 4.69) is 9.97 Å². The van der Waals surface area contributed by atoms with Crippen LogP contribution in [-0.4, -0.2) is 9.97 Å². The Morgan fingerprint density at radius 1 is 1.50 bits per heavy atom. The average Bonchev–Trinajstić information content (AvgIpc) is 2.70. The van der Waals surface area contributed by atoms with E-state index < -0.39 is 0 Å². The smallest absolute Gasteiger partial charge is 0.170 e. The second kappa shape index (κ2) is 4.67. The Labute approximate surface area is 97.3 Å². The Morgan fingerprint density at radius 2 is 2.31 bits per heavy atom. The minimum Gasteiger partial charge on any atom is -0.339 e. The topological polar surface area (TPSA) is 54.7 Å². The second-order valence-corrected chi connectivity index (χ2v) is 4.47. The van der Waals surface area contributed by atoms with Gasteiger partial charge in [0.2, 0.25) is 0 Å². The average molecular weight is 237 g/mol. The number of nitrogens with zero attached hydrogens (tertiary/aromatic N) is 1. The minimum absolute atomic E-state index is 0.272. The molecule has 3 N–H and O–H groups in total. The molecule has 0 aliphatic heterocycles. The molecule has 0 radical (unpaired) electrons. The number of rotatable bonds is 3. The van der Waals surface area contributed by atoms with Crippen LogP contribution in [0.25, 0.3) is 0 Å². The number of aromatic nitrogens is 2. The van der Waals surface area contributed by atoms with E-state index in [1.807, 2.05) is 6.07 Å². The second-order valence-electron chi connectivity index (χ2n) is 3.44. The normalized spacial score (nSPS) is 12.7. The van der Waals surface area contributed by atoms with Gasteiger partial charge in [-0.05, 0) is 19.1 Å². The summed E-state index contributed by atoms with van der Waals surface area (Å²) in [5.41, 5.74) is 6.29. The molecule has 1 atom stereocenters. The van der Waals surface area contributed by atoms with E-state index in [0.717, 1.165) is 10.1 Å². The van der Waals surface area contributed by atoms with Gasteiger partial charge in [-0.3, -0.25) is 0 Å². The number of nitrogens with two attached hydrogens (primary N) is 1. The van der Waals surface area contributed by atoms with Crippen molar-refractivity contribution in [2.24, 2.45) is 5.73 Å². The molecule has 1 aromatic heterocycles. The first-order valence-corrected chi connectivity index (χ1v) is 5.71. The number of benzene rings is 1. The van der Waals surface area contributed by atoms with Crippen LogP contribution in [0.1, 0.15) is 18.5 Å². The molecule has 2 rings (SSSR count). The maximum absolute atomic E-state index is 13.6. The quantitative estimate of drug-likeness (QED) is 0.863. The number of halogens is 1. The molecule has 0 fully saturated rings. The number of H-pyrrole nitrogens is 1. The summed E-state index contributed by atoms with van der Waals surface area (Å²) >= 11 is 1.38. The van der Waals surface area contributed by atoms with Crippen molar-refractivity contribution in [3.63, 3.8) is 0 Å². The predicted molar refractivity (Wildman–Crippen MR) is 61.7 cm³/mol. The largest absolute Gasteiger partial charge is 0.339 e. The van der Waals surface area contributed by atoms with Crippen molar-refractivity contribution in [3.8, 4) is 0 Å². The first-order valence-electron chi connectivity index (χ1n) is 4.89. The fourth-order valence-corrected chi connectivity index (χ4v) is 2.45. The van der Waals surface area contributed by atoms with Crippen LogP contribution in [-0.2, 0) is 0 Å². The summed E-state index contributed by atoms with van der Waals surface area (Å²) in [6.45, 7) is 1.77. The summed E-state index contributed by atoms with van der Waals surface area (Å²) in [4.78, 5) is 7.84. The molecule has 3 nitrogen and oxygen atoms in total. The SMILES string of the molecule is C[C@@H](N)c1c(F)cccc1Sc1ncc[nH]1. The Kier molecular flexibility index (Phi) is 3.26. The van der Waals surface area contributed by atoms with Gasteiger partial charge in [0, 0.05) is 28.9 Å². The molecule has 0 bridgehead atoms. The maximum atomic E-state index is 13.6. The van der Waals surface area contributed by atoms with E-state index in [9.17, 15) is 4.39 Å². The molecule has 0 aliphatic carbocycles. The summed E-state index contributed by atoms with van der Waals surface area (Å²) in [5, 5.41) is 0.729. The lowest BCUT2D eigenvalue weighted by Gasteiger charge is -2.12. The van der Waals surface area contributed by atoms with Crippen LogP contribution in [0.3, 0.4) is 0 Å². The Hall–Kier alpha value is -1.33. The molecule has 0 aliphatic rings. The van der Waals surface area contributed by atoms with E-state index in [0.29, 0.717) is 5.56 Å². The van der Waals surface area contributed by atoms with Crippen molar-refractivity contribution in [1.29, 1.82) is 0 Å². The third-order valence-electron chi connectivity index (χ3n) is 2.15. The number of hydrogen-bond donors (Lipinski definition) is 2. The number of hydrogen-bond acceptors (Lipinski definition) is 3. The summed E-state index contributed by atoms with van der Waals surface area (Å²) in [6, 6.07) is 4.60. The van der Waals surface area contributed by atoms with Crippen LogP contribution in [0.4, 0.5) is 4.39 Å². The highest BCUT2D eigenvalue weighted by molar-refractivity contribution is 7.99. The first kappa shape index (κ1) is 11.2. The molecular formula is C11H12FN3S. The number of nitrogens with one attached hydrogen (secondary N) is 1. The van der Waals surface area contributed by atoms with Crippen molar-refractivity contribution in [2.75, 3.05) is 0 Å². The van der Waals surface area contributed by atoms with Crippen molar-refractivity contribution >= 4 is 11.8 Å². The number of imidazole rings is 1. The van der Waals surface area contributed by atoms with Gasteiger partial charge >= 0.3 is 0 Å². The van der Waals surface area contributed by atoms with E-state index in [-0.39, 0.29) is 11.9 Å². The Morgan fingerprint density at radius 3 is 2.94 bits per heavy atom. The van der Waals surface area contributed by atoms with Gasteiger partial charge in [-0.25, -0.2) is 9.37 Å². The van der Waals surface area contributed by atoms with Gasteiger partial charge in [-0.15, -0.1) is 0 Å². The zero-order chi connectivity index (χ0) is 11.5. The van der Waals surface area contributed by atoms with Gasteiger partial charge in [0.05, 0.1) is 0 Å². The van der Waals surface area contributed by atoms with E-state index >= 15 is 0 Å². The van der Waals surface area contributed by atoms with Gasteiger partial charge in [0.25, 0.3) is 0 Å². The lowest BCUT2D eigenvalue weighted by atomic mass is 10.1. The zero-order valence-corrected chi connectivity index (χ0v) is 9.59. The van der Waals surface area contributed by atoms with Crippen LogP contribution in [0, 0.1) is 5.82 Å². The molecule has 1 heterocycles. The Bertz CT molecular complexity index is 468. The van der Waals surface area contributed by atoms with Crippen molar-refractivity contribution in [1.82, 2.24) is 9.97 Å². The maximum Gasteiger partial charge on any atom is 0.170 e. The zero-order valence-electron chi connectivity index (χ0n) is 8.77. The van der Waals surface area contributed by atoms with E-state index in [1.54, 1.807) is 25.4 Å². The van der Waals surface area contributed by atoms with Crippen LogP contribution in [0.2, 0.25) is 0 Å². The van der Waals surface area contributed by atoms with Gasteiger partial charge in [0.15, 0.2) is 5.16 Å². The molecule has 0 spiro atoms. The van der Waals surface area contributed by atoms with Crippen molar-refractivity contribution in [3.05, 3.63) is 42.0 Å². The van der Waals surface area contributed by atoms with Crippen LogP contribution in [0.5, 0.6) is 0 Å². The lowest BCUT2D eigenvalue weighted by Crippen LogP contribution is -2.08. The van der Waals surface area contributed by atoms with E-state index in [4.69, 9.17) is 5.73 Å². The molecule has 0 saturated carbocycles. The van der Waals surface area contributed by atoms with Gasteiger partial charge < -0.3 is 10.7 Å². The van der Waals surface area contributed by atoms with Crippen LogP contribution in [0.15, 0.2) is 40.6 Å². The highest BCUT2D eigenvalue weighted by Crippen LogP contribution is 2.32. The summed E-state index contributed by atoms with van der Waals surface area (Å²) in [6.07, 6.45) is 3.39. The van der Waals surface area contributed by atoms with Gasteiger partial charge in [0.1, 0.15) is 5.82 Å².